The standard InChI is InChI=1S/C28H31ClFN3O4S/c1-4-20(2)31-28(35)21(3)32(18-22-11-8-9-16-26(22)30)27(34)19-33(24-13-10-12-23(29)17-24)38(36,37)25-14-6-5-7-15-25/h5-17,20-21H,4,18-19H2,1-3H3,(H,31,35). The second-order valence-electron chi connectivity index (χ2n) is 8.91. The average molecular weight is 560 g/mol. The fourth-order valence-electron chi connectivity index (χ4n) is 3.74. The Morgan fingerprint density at radius 2 is 1.63 bits per heavy atom. The summed E-state index contributed by atoms with van der Waals surface area (Å²) in [6.07, 6.45) is 0.678. The summed E-state index contributed by atoms with van der Waals surface area (Å²) in [5, 5.41) is 3.12. The Kier molecular flexibility index (Phi) is 9.88. The topological polar surface area (TPSA) is 86.8 Å². The average Bonchev–Trinajstić information content (AvgIpc) is 2.91. The number of benzene rings is 3. The van der Waals surface area contributed by atoms with Crippen LogP contribution in [0.2, 0.25) is 5.02 Å². The van der Waals surface area contributed by atoms with Gasteiger partial charge in [0, 0.05) is 23.2 Å². The monoisotopic (exact) mass is 559 g/mol. The minimum absolute atomic E-state index is 0.0176. The number of nitrogens with one attached hydrogen (secondary N) is 1. The molecule has 0 bridgehead atoms. The van der Waals surface area contributed by atoms with Crippen LogP contribution in [-0.2, 0) is 26.2 Å². The number of nitrogens with zero attached hydrogens (tertiary/aromatic N) is 2. The highest BCUT2D eigenvalue weighted by molar-refractivity contribution is 7.92. The van der Waals surface area contributed by atoms with Gasteiger partial charge in [-0.3, -0.25) is 13.9 Å². The van der Waals surface area contributed by atoms with Crippen LogP contribution < -0.4 is 9.62 Å². The molecule has 1 N–H and O–H groups in total. The molecule has 0 aliphatic heterocycles. The summed E-state index contributed by atoms with van der Waals surface area (Å²) in [5.74, 6) is -1.65. The van der Waals surface area contributed by atoms with Crippen LogP contribution in [0, 0.1) is 5.82 Å². The molecule has 0 spiro atoms. The first-order valence-electron chi connectivity index (χ1n) is 12.2. The zero-order chi connectivity index (χ0) is 27.9. The number of sulfonamides is 1. The molecule has 2 atom stereocenters. The van der Waals surface area contributed by atoms with Gasteiger partial charge in [0.25, 0.3) is 10.0 Å². The van der Waals surface area contributed by atoms with Gasteiger partial charge in [0.05, 0.1) is 10.6 Å². The van der Waals surface area contributed by atoms with Crippen molar-refractivity contribution in [1.29, 1.82) is 0 Å². The molecule has 3 aromatic carbocycles. The van der Waals surface area contributed by atoms with Gasteiger partial charge < -0.3 is 10.2 Å². The SMILES string of the molecule is CCC(C)NC(=O)C(C)N(Cc1ccccc1F)C(=O)CN(c1cccc(Cl)c1)S(=O)(=O)c1ccccc1. The number of hydrogen-bond donors (Lipinski definition) is 1. The predicted octanol–water partition coefficient (Wildman–Crippen LogP) is 5.01. The normalized spacial score (nSPS) is 12.9. The number of amides is 2. The van der Waals surface area contributed by atoms with E-state index in [-0.39, 0.29) is 33.8 Å². The van der Waals surface area contributed by atoms with E-state index < -0.39 is 40.2 Å². The Bertz CT molecular complexity index is 1370. The molecule has 2 unspecified atom stereocenters. The van der Waals surface area contributed by atoms with E-state index in [1.165, 1.54) is 54.3 Å². The Labute approximate surface area is 228 Å². The Balaban J connectivity index is 2.03. The Morgan fingerprint density at radius 1 is 0.974 bits per heavy atom. The van der Waals surface area contributed by atoms with Crippen LogP contribution >= 0.6 is 11.6 Å². The molecule has 0 radical (unpaired) electrons. The van der Waals surface area contributed by atoms with Crippen LogP contribution in [0.25, 0.3) is 0 Å². The van der Waals surface area contributed by atoms with Crippen LogP contribution in [0.4, 0.5) is 10.1 Å². The molecule has 0 fully saturated rings. The van der Waals surface area contributed by atoms with Crippen molar-refractivity contribution in [3.05, 3.63) is 95.3 Å². The number of halogens is 2. The molecule has 0 saturated heterocycles. The highest BCUT2D eigenvalue weighted by Crippen LogP contribution is 2.27. The lowest BCUT2D eigenvalue weighted by Gasteiger charge is -2.32. The Hall–Kier alpha value is -3.43. The summed E-state index contributed by atoms with van der Waals surface area (Å²) >= 11 is 6.15. The van der Waals surface area contributed by atoms with Crippen LogP contribution in [0.3, 0.4) is 0 Å². The molecule has 0 saturated carbocycles. The summed E-state index contributed by atoms with van der Waals surface area (Å²) in [5.41, 5.74) is 0.376. The molecule has 7 nitrogen and oxygen atoms in total. The number of anilines is 1. The molecule has 3 aromatic rings. The Morgan fingerprint density at radius 3 is 2.26 bits per heavy atom. The van der Waals surface area contributed by atoms with Gasteiger partial charge in [-0.1, -0.05) is 61.0 Å². The quantitative estimate of drug-likeness (QED) is 0.358. The number of carbonyl (C=O) groups is 2. The van der Waals surface area contributed by atoms with Crippen molar-refractivity contribution >= 4 is 39.1 Å². The zero-order valence-electron chi connectivity index (χ0n) is 21.5. The molecule has 10 heteroatoms. The van der Waals surface area contributed by atoms with Crippen molar-refractivity contribution in [2.45, 2.75) is 50.7 Å². The number of carbonyl (C=O) groups excluding carboxylic acids is 2. The van der Waals surface area contributed by atoms with Crippen LogP contribution in [0.5, 0.6) is 0 Å². The number of rotatable bonds is 11. The van der Waals surface area contributed by atoms with Crippen LogP contribution in [0.1, 0.15) is 32.8 Å². The van der Waals surface area contributed by atoms with E-state index in [9.17, 15) is 22.4 Å². The molecule has 0 heterocycles. The van der Waals surface area contributed by atoms with E-state index in [0.29, 0.717) is 6.42 Å². The minimum atomic E-state index is -4.20. The summed E-state index contributed by atoms with van der Waals surface area (Å²) in [6, 6.07) is 18.6. The van der Waals surface area contributed by atoms with Gasteiger partial charge in [-0.2, -0.15) is 0 Å². The number of hydrogen-bond acceptors (Lipinski definition) is 4. The lowest BCUT2D eigenvalue weighted by molar-refractivity contribution is -0.139. The molecular weight excluding hydrogens is 529 g/mol. The van der Waals surface area contributed by atoms with Gasteiger partial charge in [-0.15, -0.1) is 0 Å². The van der Waals surface area contributed by atoms with Crippen molar-refractivity contribution in [2.75, 3.05) is 10.8 Å². The molecular formula is C28H31ClFN3O4S. The van der Waals surface area contributed by atoms with E-state index >= 15 is 0 Å². The first kappa shape index (κ1) is 29.1. The van der Waals surface area contributed by atoms with Crippen LogP contribution in [-0.4, -0.2) is 43.8 Å². The molecule has 3 rings (SSSR count). The summed E-state index contributed by atoms with van der Waals surface area (Å²) < 4.78 is 42.9. The first-order chi connectivity index (χ1) is 18.0. The third kappa shape index (κ3) is 7.11. The van der Waals surface area contributed by atoms with Gasteiger partial charge in [-0.05, 0) is 56.7 Å². The summed E-state index contributed by atoms with van der Waals surface area (Å²) in [6.45, 7) is 4.42. The van der Waals surface area contributed by atoms with E-state index in [1.807, 2.05) is 13.8 Å². The molecule has 38 heavy (non-hydrogen) atoms. The fourth-order valence-corrected chi connectivity index (χ4v) is 5.35. The van der Waals surface area contributed by atoms with Crippen LogP contribution in [0.15, 0.2) is 83.8 Å². The maximum absolute atomic E-state index is 14.6. The highest BCUT2D eigenvalue weighted by atomic mass is 35.5. The molecule has 0 aliphatic carbocycles. The van der Waals surface area contributed by atoms with Crippen molar-refractivity contribution in [3.63, 3.8) is 0 Å². The third-order valence-electron chi connectivity index (χ3n) is 6.17. The smallest absolute Gasteiger partial charge is 0.264 e. The van der Waals surface area contributed by atoms with Crippen molar-refractivity contribution < 1.29 is 22.4 Å². The fraction of sp³-hybridized carbons (Fsp3) is 0.286. The van der Waals surface area contributed by atoms with E-state index in [2.05, 4.69) is 5.32 Å². The second-order valence-corrected chi connectivity index (χ2v) is 11.2. The van der Waals surface area contributed by atoms with E-state index in [4.69, 9.17) is 11.6 Å². The van der Waals surface area contributed by atoms with Gasteiger partial charge in [0.2, 0.25) is 11.8 Å². The van der Waals surface area contributed by atoms with Gasteiger partial charge in [0.15, 0.2) is 0 Å². The molecule has 2 amide bonds. The van der Waals surface area contributed by atoms with E-state index in [1.54, 1.807) is 36.4 Å². The first-order valence-corrected chi connectivity index (χ1v) is 14.0. The minimum Gasteiger partial charge on any atom is -0.352 e. The van der Waals surface area contributed by atoms with Gasteiger partial charge in [-0.25, -0.2) is 12.8 Å². The maximum atomic E-state index is 14.6. The third-order valence-corrected chi connectivity index (χ3v) is 8.20. The zero-order valence-corrected chi connectivity index (χ0v) is 23.0. The lowest BCUT2D eigenvalue weighted by atomic mass is 10.1. The van der Waals surface area contributed by atoms with Crippen molar-refractivity contribution in [3.8, 4) is 0 Å². The van der Waals surface area contributed by atoms with E-state index in [0.717, 1.165) is 4.31 Å². The molecule has 0 aliphatic rings. The van der Waals surface area contributed by atoms with Gasteiger partial charge >= 0.3 is 0 Å². The highest BCUT2D eigenvalue weighted by Gasteiger charge is 2.33. The largest absolute Gasteiger partial charge is 0.352 e. The maximum Gasteiger partial charge on any atom is 0.264 e. The predicted molar refractivity (Wildman–Crippen MR) is 147 cm³/mol. The lowest BCUT2D eigenvalue weighted by Crippen LogP contribution is -2.52. The second kappa shape index (κ2) is 12.9. The summed E-state index contributed by atoms with van der Waals surface area (Å²) in [4.78, 5) is 28.0. The molecule has 0 aromatic heterocycles. The van der Waals surface area contributed by atoms with Gasteiger partial charge in [0.1, 0.15) is 18.4 Å². The van der Waals surface area contributed by atoms with Crippen molar-refractivity contribution in [1.82, 2.24) is 10.2 Å². The summed E-state index contributed by atoms with van der Waals surface area (Å²) in [7, 11) is -4.20. The van der Waals surface area contributed by atoms with Crippen molar-refractivity contribution in [2.24, 2.45) is 0 Å². The molecule has 202 valence electrons.